The first-order chi connectivity index (χ1) is 11.8. The molecule has 130 valence electrons. The predicted molar refractivity (Wildman–Crippen MR) is 99.5 cm³/mol. The molecule has 4 nitrogen and oxygen atoms in total. The van der Waals surface area contributed by atoms with E-state index in [9.17, 15) is 0 Å². The molecule has 0 saturated heterocycles. The summed E-state index contributed by atoms with van der Waals surface area (Å²) < 4.78 is 7.93. The molecule has 0 spiro atoms. The van der Waals surface area contributed by atoms with E-state index in [2.05, 4.69) is 36.0 Å². The third-order valence-corrected chi connectivity index (χ3v) is 4.93. The van der Waals surface area contributed by atoms with Crippen molar-refractivity contribution in [2.75, 3.05) is 18.5 Å². The van der Waals surface area contributed by atoms with E-state index < -0.39 is 0 Å². The summed E-state index contributed by atoms with van der Waals surface area (Å²) in [6, 6.07) is 8.20. The quantitative estimate of drug-likeness (QED) is 0.818. The van der Waals surface area contributed by atoms with Crippen LogP contribution in [0.1, 0.15) is 63.6 Å². The molecule has 0 radical (unpaired) electrons. The lowest BCUT2D eigenvalue weighted by Gasteiger charge is -2.13. The van der Waals surface area contributed by atoms with Gasteiger partial charge in [-0.1, -0.05) is 26.0 Å². The van der Waals surface area contributed by atoms with Gasteiger partial charge in [0.2, 0.25) is 0 Å². The van der Waals surface area contributed by atoms with Gasteiger partial charge in [0.05, 0.1) is 12.3 Å². The Balaban J connectivity index is 2.14. The lowest BCUT2D eigenvalue weighted by Crippen LogP contribution is -2.09. The monoisotopic (exact) mass is 327 g/mol. The lowest BCUT2D eigenvalue weighted by atomic mass is 9.94. The lowest BCUT2D eigenvalue weighted by molar-refractivity contribution is 0.338. The van der Waals surface area contributed by atoms with Crippen molar-refractivity contribution in [3.8, 4) is 11.4 Å². The number of hydrogen-bond acceptors (Lipinski definition) is 3. The average Bonchev–Trinajstić information content (AvgIpc) is 2.80. The number of nitrogens with zero attached hydrogens (tertiary/aromatic N) is 2. The van der Waals surface area contributed by atoms with Gasteiger partial charge in [-0.25, -0.2) is 4.68 Å². The fourth-order valence-electron chi connectivity index (χ4n) is 3.62. The number of anilines is 1. The van der Waals surface area contributed by atoms with Crippen LogP contribution in [0.3, 0.4) is 0 Å². The standard InChI is InChI=1S/C20H29N3O/c1-4-15(5-2)19-16-11-9-10-14-21-20(16)23(22-19)17-12-7-8-13-18(17)24-6-3/h7-8,12-13,15,21H,4-6,9-11,14H2,1-3H3. The first kappa shape index (κ1) is 16.9. The molecule has 1 aromatic heterocycles. The highest BCUT2D eigenvalue weighted by molar-refractivity contribution is 5.58. The SMILES string of the molecule is CCOc1ccccc1-n1nc(C(CC)CC)c2c1NCCCC2. The molecule has 0 aliphatic carbocycles. The summed E-state index contributed by atoms with van der Waals surface area (Å²) in [5.41, 5.74) is 3.71. The minimum atomic E-state index is 0.527. The van der Waals surface area contributed by atoms with Crippen molar-refractivity contribution in [1.29, 1.82) is 0 Å². The fourth-order valence-corrected chi connectivity index (χ4v) is 3.62. The molecule has 0 bridgehead atoms. The van der Waals surface area contributed by atoms with Crippen LogP contribution >= 0.6 is 0 Å². The molecule has 0 fully saturated rings. The van der Waals surface area contributed by atoms with Crippen LogP contribution in [0.25, 0.3) is 5.69 Å². The van der Waals surface area contributed by atoms with Gasteiger partial charge >= 0.3 is 0 Å². The van der Waals surface area contributed by atoms with Gasteiger partial charge in [0.1, 0.15) is 17.3 Å². The molecule has 2 aromatic rings. The maximum atomic E-state index is 5.85. The van der Waals surface area contributed by atoms with Crippen molar-refractivity contribution in [3.63, 3.8) is 0 Å². The number of rotatable bonds is 6. The predicted octanol–water partition coefficient (Wildman–Crippen LogP) is 4.92. The highest BCUT2D eigenvalue weighted by Gasteiger charge is 2.25. The summed E-state index contributed by atoms with van der Waals surface area (Å²) in [6.07, 6.45) is 5.82. The number of hydrogen-bond donors (Lipinski definition) is 1. The van der Waals surface area contributed by atoms with Crippen LogP contribution in [0.5, 0.6) is 5.75 Å². The van der Waals surface area contributed by atoms with Crippen LogP contribution in [0.2, 0.25) is 0 Å². The molecule has 0 amide bonds. The van der Waals surface area contributed by atoms with E-state index in [1.165, 1.54) is 29.9 Å². The Morgan fingerprint density at radius 3 is 2.71 bits per heavy atom. The molecule has 1 aliphatic rings. The van der Waals surface area contributed by atoms with Crippen molar-refractivity contribution in [2.24, 2.45) is 0 Å². The van der Waals surface area contributed by atoms with E-state index in [0.717, 1.165) is 37.2 Å². The molecule has 0 atom stereocenters. The number of aromatic nitrogens is 2. The summed E-state index contributed by atoms with van der Waals surface area (Å²) in [7, 11) is 0. The first-order valence-corrected chi connectivity index (χ1v) is 9.37. The maximum absolute atomic E-state index is 5.85. The van der Waals surface area contributed by atoms with Gasteiger partial charge < -0.3 is 10.1 Å². The smallest absolute Gasteiger partial charge is 0.145 e. The average molecular weight is 327 g/mol. The number of fused-ring (bicyclic) bond motifs is 1. The normalized spacial score (nSPS) is 14.2. The molecule has 2 heterocycles. The van der Waals surface area contributed by atoms with E-state index in [1.54, 1.807) is 0 Å². The molecule has 3 rings (SSSR count). The number of nitrogens with one attached hydrogen (secondary N) is 1. The van der Waals surface area contributed by atoms with Crippen LogP contribution in [0.15, 0.2) is 24.3 Å². The van der Waals surface area contributed by atoms with Crippen LogP contribution in [-0.4, -0.2) is 22.9 Å². The Labute approximate surface area is 145 Å². The van der Waals surface area contributed by atoms with Gasteiger partial charge in [-0.3, -0.25) is 0 Å². The van der Waals surface area contributed by atoms with Crippen LogP contribution in [-0.2, 0) is 6.42 Å². The summed E-state index contributed by atoms with van der Waals surface area (Å²) >= 11 is 0. The van der Waals surface area contributed by atoms with Crippen LogP contribution in [0.4, 0.5) is 5.82 Å². The van der Waals surface area contributed by atoms with E-state index in [-0.39, 0.29) is 0 Å². The molecule has 1 N–H and O–H groups in total. The van der Waals surface area contributed by atoms with E-state index >= 15 is 0 Å². The van der Waals surface area contributed by atoms with Gasteiger partial charge in [0.25, 0.3) is 0 Å². The minimum absolute atomic E-state index is 0.527. The van der Waals surface area contributed by atoms with E-state index in [1.807, 2.05) is 19.1 Å². The van der Waals surface area contributed by atoms with E-state index in [0.29, 0.717) is 12.5 Å². The van der Waals surface area contributed by atoms with Crippen molar-refractivity contribution in [3.05, 3.63) is 35.5 Å². The van der Waals surface area contributed by atoms with Crippen LogP contribution in [0, 0.1) is 0 Å². The number of para-hydroxylation sites is 2. The second kappa shape index (κ2) is 7.73. The summed E-state index contributed by atoms with van der Waals surface area (Å²) in [6.45, 7) is 8.22. The largest absolute Gasteiger partial charge is 0.492 e. The zero-order chi connectivity index (χ0) is 16.9. The number of benzene rings is 1. The van der Waals surface area contributed by atoms with Gasteiger partial charge in [-0.05, 0) is 51.2 Å². The second-order valence-electron chi connectivity index (χ2n) is 6.42. The van der Waals surface area contributed by atoms with Crippen molar-refractivity contribution < 1.29 is 4.74 Å². The van der Waals surface area contributed by atoms with Gasteiger partial charge in [-0.15, -0.1) is 0 Å². The van der Waals surface area contributed by atoms with E-state index in [4.69, 9.17) is 9.84 Å². The molecule has 4 heteroatoms. The Morgan fingerprint density at radius 2 is 1.96 bits per heavy atom. The summed E-state index contributed by atoms with van der Waals surface area (Å²) in [4.78, 5) is 0. The minimum Gasteiger partial charge on any atom is -0.492 e. The summed E-state index contributed by atoms with van der Waals surface area (Å²) in [5.74, 6) is 2.59. The maximum Gasteiger partial charge on any atom is 0.145 e. The zero-order valence-corrected chi connectivity index (χ0v) is 15.1. The molecule has 1 aliphatic heterocycles. The Hall–Kier alpha value is -1.97. The zero-order valence-electron chi connectivity index (χ0n) is 15.1. The third-order valence-electron chi connectivity index (χ3n) is 4.93. The first-order valence-electron chi connectivity index (χ1n) is 9.37. The topological polar surface area (TPSA) is 39.1 Å². The Kier molecular flexibility index (Phi) is 5.44. The second-order valence-corrected chi connectivity index (χ2v) is 6.42. The molecule has 0 saturated carbocycles. The molecular weight excluding hydrogens is 298 g/mol. The number of ether oxygens (including phenoxy) is 1. The van der Waals surface area contributed by atoms with Gasteiger partial charge in [-0.2, -0.15) is 5.10 Å². The van der Waals surface area contributed by atoms with Crippen molar-refractivity contribution in [2.45, 2.75) is 58.8 Å². The van der Waals surface area contributed by atoms with Gasteiger partial charge in [0, 0.05) is 18.0 Å². The Morgan fingerprint density at radius 1 is 1.17 bits per heavy atom. The summed E-state index contributed by atoms with van der Waals surface area (Å²) in [5, 5.41) is 8.69. The highest BCUT2D eigenvalue weighted by Crippen LogP contribution is 2.36. The van der Waals surface area contributed by atoms with Crippen molar-refractivity contribution in [1.82, 2.24) is 9.78 Å². The highest BCUT2D eigenvalue weighted by atomic mass is 16.5. The molecule has 0 unspecified atom stereocenters. The molecule has 24 heavy (non-hydrogen) atoms. The van der Waals surface area contributed by atoms with Gasteiger partial charge in [0.15, 0.2) is 0 Å². The molecular formula is C20H29N3O. The van der Waals surface area contributed by atoms with Crippen molar-refractivity contribution >= 4 is 5.82 Å². The van der Waals surface area contributed by atoms with Crippen LogP contribution < -0.4 is 10.1 Å². The third kappa shape index (κ3) is 3.14. The Bertz CT molecular complexity index is 674. The molecule has 1 aromatic carbocycles. The fraction of sp³-hybridized carbons (Fsp3) is 0.550.